The molecule has 9 heteroatoms. The third kappa shape index (κ3) is 3.80. The number of rotatable bonds is 2. The zero-order valence-corrected chi connectivity index (χ0v) is 10.5. The number of alkyl halides is 3. The summed E-state index contributed by atoms with van der Waals surface area (Å²) in [5.41, 5.74) is 3.01. The molecule has 1 amide bonds. The molecule has 1 fully saturated rings. The standard InChI is InChI=1S/C10H15F3N2O4/c1-6-5-18-4-3-15(6)7(16)9(2,14)19-8(17)10(11,12)13/h6H,3-5,14H2,1-2H3/t6-,9-/m1/s1. The van der Waals surface area contributed by atoms with E-state index in [2.05, 4.69) is 4.74 Å². The molecular weight excluding hydrogens is 269 g/mol. The fraction of sp³-hybridized carbons (Fsp3) is 0.800. The first kappa shape index (κ1) is 15.7. The number of hydrogen-bond donors (Lipinski definition) is 1. The van der Waals surface area contributed by atoms with Crippen molar-refractivity contribution in [2.45, 2.75) is 31.8 Å². The van der Waals surface area contributed by atoms with E-state index in [0.717, 1.165) is 6.92 Å². The normalized spacial score (nSPS) is 23.7. The van der Waals surface area contributed by atoms with Crippen molar-refractivity contribution in [1.29, 1.82) is 0 Å². The highest BCUT2D eigenvalue weighted by Gasteiger charge is 2.48. The Morgan fingerprint density at radius 3 is 2.47 bits per heavy atom. The molecule has 0 spiro atoms. The Bertz CT molecular complexity index is 370. The summed E-state index contributed by atoms with van der Waals surface area (Å²) in [5.74, 6) is -3.38. The summed E-state index contributed by atoms with van der Waals surface area (Å²) >= 11 is 0. The number of nitrogens with two attached hydrogens (primary N) is 1. The molecule has 1 rings (SSSR count). The topological polar surface area (TPSA) is 81.9 Å². The third-order valence-electron chi connectivity index (χ3n) is 2.59. The van der Waals surface area contributed by atoms with Gasteiger partial charge in [-0.15, -0.1) is 0 Å². The predicted molar refractivity (Wildman–Crippen MR) is 56.7 cm³/mol. The molecule has 0 unspecified atom stereocenters. The fourth-order valence-electron chi connectivity index (χ4n) is 1.61. The van der Waals surface area contributed by atoms with E-state index in [1.165, 1.54) is 4.90 Å². The first-order valence-corrected chi connectivity index (χ1v) is 5.53. The van der Waals surface area contributed by atoms with Crippen LogP contribution >= 0.6 is 0 Å². The minimum atomic E-state index is -5.20. The van der Waals surface area contributed by atoms with Crippen LogP contribution in [0.15, 0.2) is 0 Å². The van der Waals surface area contributed by atoms with Crippen LogP contribution in [0.25, 0.3) is 0 Å². The SMILES string of the molecule is C[C@@H]1COCCN1C(=O)[C@](C)(N)OC(=O)C(F)(F)F. The van der Waals surface area contributed by atoms with Crippen LogP contribution in [0.5, 0.6) is 0 Å². The maximum Gasteiger partial charge on any atom is 0.491 e. The van der Waals surface area contributed by atoms with Crippen molar-refractivity contribution in [2.75, 3.05) is 19.8 Å². The van der Waals surface area contributed by atoms with Crippen molar-refractivity contribution < 1.29 is 32.2 Å². The number of carbonyl (C=O) groups excluding carboxylic acids is 2. The number of esters is 1. The lowest BCUT2D eigenvalue weighted by Crippen LogP contribution is -2.61. The van der Waals surface area contributed by atoms with Gasteiger partial charge in [0.05, 0.1) is 19.3 Å². The summed E-state index contributed by atoms with van der Waals surface area (Å²) in [4.78, 5) is 23.9. The summed E-state index contributed by atoms with van der Waals surface area (Å²) in [6.45, 7) is 3.24. The predicted octanol–water partition coefficient (Wildman–Crippen LogP) is 0.0141. The van der Waals surface area contributed by atoms with Gasteiger partial charge in [0.15, 0.2) is 0 Å². The maximum atomic E-state index is 12.1. The van der Waals surface area contributed by atoms with E-state index in [0.29, 0.717) is 0 Å². The molecule has 0 aliphatic carbocycles. The molecule has 0 aromatic rings. The summed E-state index contributed by atoms with van der Waals surface area (Å²) in [5, 5.41) is 0. The molecule has 1 aliphatic heterocycles. The highest BCUT2D eigenvalue weighted by Crippen LogP contribution is 2.21. The molecule has 0 aromatic heterocycles. The Morgan fingerprint density at radius 2 is 2.00 bits per heavy atom. The van der Waals surface area contributed by atoms with Gasteiger partial charge in [0.2, 0.25) is 5.72 Å². The van der Waals surface area contributed by atoms with Gasteiger partial charge in [-0.2, -0.15) is 13.2 Å². The zero-order valence-electron chi connectivity index (χ0n) is 10.5. The number of nitrogens with zero attached hydrogens (tertiary/aromatic N) is 1. The fourth-order valence-corrected chi connectivity index (χ4v) is 1.61. The lowest BCUT2D eigenvalue weighted by Gasteiger charge is -2.37. The van der Waals surface area contributed by atoms with Crippen molar-refractivity contribution in [2.24, 2.45) is 5.73 Å². The van der Waals surface area contributed by atoms with Gasteiger partial charge in [0.1, 0.15) is 0 Å². The smallest absolute Gasteiger partial charge is 0.428 e. The molecule has 2 atom stereocenters. The van der Waals surface area contributed by atoms with Crippen LogP contribution in [0.3, 0.4) is 0 Å². The molecule has 2 N–H and O–H groups in total. The van der Waals surface area contributed by atoms with Crippen LogP contribution in [0, 0.1) is 0 Å². The van der Waals surface area contributed by atoms with Crippen molar-refractivity contribution in [3.63, 3.8) is 0 Å². The summed E-state index contributed by atoms with van der Waals surface area (Å²) < 4.78 is 45.4. The Morgan fingerprint density at radius 1 is 1.42 bits per heavy atom. The zero-order chi connectivity index (χ0) is 14.8. The summed E-state index contributed by atoms with van der Waals surface area (Å²) in [6, 6.07) is -0.353. The largest absolute Gasteiger partial charge is 0.491 e. The molecule has 0 aromatic carbocycles. The first-order chi connectivity index (χ1) is 8.55. The average Bonchev–Trinajstić information content (AvgIpc) is 2.27. The van der Waals surface area contributed by atoms with Crippen LogP contribution in [0.1, 0.15) is 13.8 Å². The number of hydrogen-bond acceptors (Lipinski definition) is 5. The maximum absolute atomic E-state index is 12.1. The van der Waals surface area contributed by atoms with Crippen LogP contribution in [-0.4, -0.2) is 54.5 Å². The number of ether oxygens (including phenoxy) is 2. The number of carbonyl (C=O) groups is 2. The minimum Gasteiger partial charge on any atom is -0.428 e. The molecule has 6 nitrogen and oxygen atoms in total. The molecule has 1 saturated heterocycles. The quantitative estimate of drug-likeness (QED) is 0.571. The molecule has 19 heavy (non-hydrogen) atoms. The minimum absolute atomic E-state index is 0.177. The average molecular weight is 284 g/mol. The van der Waals surface area contributed by atoms with E-state index in [-0.39, 0.29) is 25.8 Å². The van der Waals surface area contributed by atoms with Gasteiger partial charge in [0.25, 0.3) is 5.91 Å². The molecule has 0 bridgehead atoms. The van der Waals surface area contributed by atoms with E-state index in [1.807, 2.05) is 0 Å². The summed E-state index contributed by atoms with van der Waals surface area (Å²) in [6.07, 6.45) is -5.20. The van der Waals surface area contributed by atoms with Crippen LogP contribution < -0.4 is 5.73 Å². The van der Waals surface area contributed by atoms with E-state index < -0.39 is 23.8 Å². The van der Waals surface area contributed by atoms with Crippen molar-refractivity contribution in [1.82, 2.24) is 4.90 Å². The second-order valence-electron chi connectivity index (χ2n) is 4.42. The van der Waals surface area contributed by atoms with Crippen molar-refractivity contribution in [3.05, 3.63) is 0 Å². The van der Waals surface area contributed by atoms with E-state index in [9.17, 15) is 22.8 Å². The van der Waals surface area contributed by atoms with Crippen LogP contribution in [0.2, 0.25) is 0 Å². The first-order valence-electron chi connectivity index (χ1n) is 5.53. The number of amides is 1. The molecule has 1 aliphatic rings. The van der Waals surface area contributed by atoms with Crippen molar-refractivity contribution >= 4 is 11.9 Å². The van der Waals surface area contributed by atoms with Gasteiger partial charge in [-0.1, -0.05) is 0 Å². The molecule has 1 heterocycles. The monoisotopic (exact) mass is 284 g/mol. The Kier molecular flexibility index (Phi) is 4.41. The van der Waals surface area contributed by atoms with Gasteiger partial charge in [-0.3, -0.25) is 10.5 Å². The van der Waals surface area contributed by atoms with E-state index >= 15 is 0 Å². The summed E-state index contributed by atoms with van der Waals surface area (Å²) in [7, 11) is 0. The van der Waals surface area contributed by atoms with Gasteiger partial charge < -0.3 is 14.4 Å². The molecule has 0 saturated carbocycles. The third-order valence-corrected chi connectivity index (χ3v) is 2.59. The number of halogens is 3. The van der Waals surface area contributed by atoms with E-state index in [4.69, 9.17) is 10.5 Å². The second-order valence-corrected chi connectivity index (χ2v) is 4.42. The Balaban J connectivity index is 2.76. The van der Waals surface area contributed by atoms with Crippen LogP contribution in [0.4, 0.5) is 13.2 Å². The van der Waals surface area contributed by atoms with Crippen LogP contribution in [-0.2, 0) is 19.1 Å². The van der Waals surface area contributed by atoms with Gasteiger partial charge >= 0.3 is 12.1 Å². The highest BCUT2D eigenvalue weighted by atomic mass is 19.4. The second kappa shape index (κ2) is 5.33. The molecule has 110 valence electrons. The lowest BCUT2D eigenvalue weighted by molar-refractivity contribution is -0.215. The van der Waals surface area contributed by atoms with Crippen molar-refractivity contribution in [3.8, 4) is 0 Å². The highest BCUT2D eigenvalue weighted by molar-refractivity contribution is 5.88. The molecule has 0 radical (unpaired) electrons. The Hall–Kier alpha value is -1.35. The van der Waals surface area contributed by atoms with Gasteiger partial charge in [0, 0.05) is 6.54 Å². The van der Waals surface area contributed by atoms with Gasteiger partial charge in [-0.05, 0) is 13.8 Å². The lowest BCUT2D eigenvalue weighted by atomic mass is 10.1. The van der Waals surface area contributed by atoms with Gasteiger partial charge in [-0.25, -0.2) is 4.79 Å². The van der Waals surface area contributed by atoms with E-state index in [1.54, 1.807) is 6.92 Å². The number of morpholine rings is 1. The molecular formula is C10H15F3N2O4. The Labute approximate surface area is 107 Å².